The number of benzene rings is 4. The van der Waals surface area contributed by atoms with Crippen molar-refractivity contribution < 1.29 is 25.8 Å². The molecule has 64 heavy (non-hydrogen) atoms. The van der Waals surface area contributed by atoms with Gasteiger partial charge < -0.3 is 15.5 Å². The molecule has 8 nitrogen and oxygen atoms in total. The van der Waals surface area contributed by atoms with Crippen LogP contribution in [0.2, 0.25) is 5.02 Å². The normalized spacial score (nSPS) is 16.5. The largest absolute Gasteiger partial charge is 0.467 e. The van der Waals surface area contributed by atoms with Crippen LogP contribution < -0.4 is 15.4 Å². The van der Waals surface area contributed by atoms with E-state index in [0.717, 1.165) is 74.8 Å². The highest BCUT2D eigenvalue weighted by Gasteiger charge is 2.42. The summed E-state index contributed by atoms with van der Waals surface area (Å²) in [6.45, 7) is 18.1. The Hall–Kier alpha value is -3.92. The first-order valence-corrected chi connectivity index (χ1v) is 26.1. The number of sulfonamides is 1. The second-order valence-electron chi connectivity index (χ2n) is 16.8. The van der Waals surface area contributed by atoms with E-state index in [1.54, 1.807) is 12.1 Å². The number of piperazine rings is 1. The van der Waals surface area contributed by atoms with Crippen LogP contribution in [0.4, 0.5) is 24.5 Å². The molecule has 6 rings (SSSR count). The highest BCUT2D eigenvalue weighted by molar-refractivity contribution is 8.01. The molecule has 2 aliphatic rings. The highest BCUT2D eigenvalue weighted by atomic mass is 35.5. The third kappa shape index (κ3) is 15.1. The van der Waals surface area contributed by atoms with E-state index in [-0.39, 0.29) is 11.1 Å². The summed E-state index contributed by atoms with van der Waals surface area (Å²) in [7, 11) is -5.00. The first kappa shape index (κ1) is 52.7. The number of nitrogens with one attached hydrogen (secondary N) is 1. The first-order chi connectivity index (χ1) is 30.1. The Labute approximate surface area is 390 Å². The van der Waals surface area contributed by atoms with Crippen molar-refractivity contribution in [2.75, 3.05) is 69.8 Å². The average molecular weight is 961 g/mol. The van der Waals surface area contributed by atoms with Crippen molar-refractivity contribution in [3.8, 4) is 0 Å². The van der Waals surface area contributed by atoms with E-state index < -0.39 is 40.5 Å². The van der Waals surface area contributed by atoms with Crippen LogP contribution in [-0.4, -0.2) is 92.9 Å². The third-order valence-corrected chi connectivity index (χ3v) is 15.6. The van der Waals surface area contributed by atoms with Crippen LogP contribution in [0.3, 0.4) is 0 Å². The minimum absolute atomic E-state index is 0.0242. The van der Waals surface area contributed by atoms with Crippen LogP contribution in [0.25, 0.3) is 11.3 Å². The van der Waals surface area contributed by atoms with Gasteiger partial charge >= 0.3 is 5.51 Å². The summed E-state index contributed by atoms with van der Waals surface area (Å²) >= 11 is 8.11. The Morgan fingerprint density at radius 3 is 2.12 bits per heavy atom. The predicted molar refractivity (Wildman–Crippen MR) is 267 cm³/mol. The summed E-state index contributed by atoms with van der Waals surface area (Å²) in [6, 6.07) is 28.6. The third-order valence-electron chi connectivity index (χ3n) is 11.0. The minimum atomic E-state index is -5.21. The quantitative estimate of drug-likeness (QED) is 0.0526. The second-order valence-corrected chi connectivity index (χ2v) is 22.4. The number of nitrogen functional groups attached to an aromatic ring is 1. The Bertz CT molecular complexity index is 2380. The topological polar surface area (TPSA) is 99.0 Å². The minimum Gasteiger partial charge on any atom is -0.398 e. The molecule has 0 amide bonds. The van der Waals surface area contributed by atoms with E-state index >= 15 is 0 Å². The summed E-state index contributed by atoms with van der Waals surface area (Å²) in [5.74, 6) is 4.01. The Morgan fingerprint density at radius 2 is 1.53 bits per heavy atom. The van der Waals surface area contributed by atoms with E-state index in [1.807, 2.05) is 49.9 Å². The predicted octanol–water partition coefficient (Wildman–Crippen LogP) is 11.4. The molecular weight excluding hydrogens is 895 g/mol. The molecule has 0 bridgehead atoms. The van der Waals surface area contributed by atoms with Crippen molar-refractivity contribution in [2.24, 2.45) is 5.41 Å². The van der Waals surface area contributed by atoms with E-state index in [9.17, 15) is 25.8 Å². The highest BCUT2D eigenvalue weighted by Crippen LogP contribution is 2.43. The van der Waals surface area contributed by atoms with Crippen LogP contribution in [0.5, 0.6) is 0 Å². The lowest BCUT2D eigenvalue weighted by Gasteiger charge is -2.39. The molecule has 4 aromatic carbocycles. The molecule has 4 aromatic rings. The molecule has 350 valence electrons. The van der Waals surface area contributed by atoms with Gasteiger partial charge in [-0.15, -0.1) is 11.8 Å². The Kier molecular flexibility index (Phi) is 19.4. The molecule has 1 aliphatic heterocycles. The van der Waals surface area contributed by atoms with Gasteiger partial charge in [0, 0.05) is 59.7 Å². The molecule has 0 radical (unpaired) electrons. The number of unbranched alkanes of at least 4 members (excludes halogenated alkanes) is 1. The van der Waals surface area contributed by atoms with Gasteiger partial charge in [0.25, 0.3) is 10.0 Å². The van der Waals surface area contributed by atoms with Crippen molar-refractivity contribution in [1.82, 2.24) is 14.5 Å². The standard InChI is InChI=1S/C35H40ClF3N4O3S2.C12H19NS.C2H6/c1-24(41-48(45,46)30-13-14-32(40)33(21-30)47(4,44)35(37,38)39)25-7-11-29(12-8-25)43-19-17-42(18-20-43)23-27-22-34(2,3)16-15-31(27)26-5-9-28(36)10-6-26;1-13(2)10-6-7-11-14-12-8-4-3-5-9-12;1-2/h5-14,21,41H,1,4,15-20,22-23,40H2,2-3H3;3-5,8-9H,6-7,10-11H2,1-2H3;1-2H3. The fraction of sp³-hybridized carbons (Fsp3) is 0.408. The van der Waals surface area contributed by atoms with E-state index in [1.165, 1.54) is 46.7 Å². The summed E-state index contributed by atoms with van der Waals surface area (Å²) in [5, 5.41) is 0.735. The van der Waals surface area contributed by atoms with Gasteiger partial charge in [-0.3, -0.25) is 13.8 Å². The van der Waals surface area contributed by atoms with Crippen molar-refractivity contribution in [3.63, 3.8) is 0 Å². The summed E-state index contributed by atoms with van der Waals surface area (Å²) in [5.41, 5.74) is 5.84. The number of alkyl halides is 3. The lowest BCUT2D eigenvalue weighted by molar-refractivity contribution is -0.0392. The fourth-order valence-corrected chi connectivity index (χ4v) is 10.7. The van der Waals surface area contributed by atoms with Crippen LogP contribution in [0.1, 0.15) is 70.9 Å². The molecule has 0 spiro atoms. The number of allylic oxidation sites excluding steroid dienone is 1. The van der Waals surface area contributed by atoms with Crippen LogP contribution in [-0.2, 0) is 19.5 Å². The molecule has 1 heterocycles. The zero-order valence-electron chi connectivity index (χ0n) is 38.0. The van der Waals surface area contributed by atoms with Crippen LogP contribution in [0.15, 0.2) is 124 Å². The molecule has 0 saturated carbocycles. The Balaban J connectivity index is 0.000000475. The number of nitrogens with zero attached hydrogens (tertiary/aromatic N) is 3. The summed E-state index contributed by atoms with van der Waals surface area (Å²) in [6.07, 6.45) is 5.86. The van der Waals surface area contributed by atoms with Gasteiger partial charge in [0.2, 0.25) is 0 Å². The zero-order chi connectivity index (χ0) is 47.3. The molecule has 15 heteroatoms. The lowest BCUT2D eigenvalue weighted by atomic mass is 9.73. The number of anilines is 2. The molecule has 1 saturated heterocycles. The molecule has 1 atom stereocenters. The summed E-state index contributed by atoms with van der Waals surface area (Å²) < 4.78 is 80.9. The van der Waals surface area contributed by atoms with E-state index in [2.05, 4.69) is 102 Å². The maximum atomic E-state index is 13.4. The number of rotatable bonds is 15. The van der Waals surface area contributed by atoms with E-state index in [0.29, 0.717) is 11.6 Å². The maximum Gasteiger partial charge on any atom is 0.467 e. The van der Waals surface area contributed by atoms with Crippen molar-refractivity contribution >= 4 is 71.4 Å². The zero-order valence-corrected chi connectivity index (χ0v) is 41.2. The molecular formula is C49H65ClF3N5O3S3. The van der Waals surface area contributed by atoms with Gasteiger partial charge in [-0.25, -0.2) is 8.42 Å². The SMILES string of the molecule is C=C(NS(=O)(=O)c1ccc(N)c(S(=C)(=O)C(F)(F)F)c1)c1ccc(N2CCN(CC3=C(c4ccc(Cl)cc4)CCC(C)(C)C3)CC2)cc1.CC.CN(C)CCCCSc1ccccc1. The second kappa shape index (κ2) is 23.5. The van der Waals surface area contributed by atoms with Gasteiger partial charge in [-0.1, -0.05) is 93.9 Å². The lowest BCUT2D eigenvalue weighted by Crippen LogP contribution is -2.47. The van der Waals surface area contributed by atoms with Crippen molar-refractivity contribution in [2.45, 2.75) is 80.0 Å². The number of halogens is 4. The van der Waals surface area contributed by atoms with Crippen LogP contribution >= 0.6 is 23.4 Å². The number of nitrogens with two attached hydrogens (primary N) is 1. The van der Waals surface area contributed by atoms with Gasteiger partial charge in [-0.2, -0.15) is 13.2 Å². The van der Waals surface area contributed by atoms with Crippen LogP contribution in [0, 0.1) is 5.41 Å². The Morgan fingerprint density at radius 1 is 0.906 bits per heavy atom. The van der Waals surface area contributed by atoms with Crippen molar-refractivity contribution in [1.29, 1.82) is 0 Å². The van der Waals surface area contributed by atoms with Gasteiger partial charge in [0.1, 0.15) is 0 Å². The number of hydrogen-bond acceptors (Lipinski definition) is 8. The first-order valence-electron chi connectivity index (χ1n) is 21.6. The molecule has 0 aromatic heterocycles. The monoisotopic (exact) mass is 959 g/mol. The van der Waals surface area contributed by atoms with E-state index in [4.69, 9.17) is 17.3 Å². The maximum absolute atomic E-state index is 13.4. The molecule has 1 fully saturated rings. The van der Waals surface area contributed by atoms with Gasteiger partial charge in [0.15, 0.2) is 0 Å². The molecule has 1 aliphatic carbocycles. The molecule has 3 N–H and O–H groups in total. The number of hydrogen-bond donors (Lipinski definition) is 2. The summed E-state index contributed by atoms with van der Waals surface area (Å²) in [4.78, 5) is 6.97. The smallest absolute Gasteiger partial charge is 0.398 e. The van der Waals surface area contributed by atoms with Gasteiger partial charge in [-0.05, 0) is 141 Å². The van der Waals surface area contributed by atoms with Crippen molar-refractivity contribution in [3.05, 3.63) is 125 Å². The molecule has 1 unspecified atom stereocenters. The fourth-order valence-electron chi connectivity index (χ4n) is 7.48. The average Bonchev–Trinajstić information content (AvgIpc) is 3.25. The number of thioether (sulfide) groups is 1. The van der Waals surface area contributed by atoms with Gasteiger partial charge in [0.05, 0.1) is 19.3 Å².